The predicted molar refractivity (Wildman–Crippen MR) is 71.9 cm³/mol. The Morgan fingerprint density at radius 2 is 1.57 bits per heavy atom. The van der Waals surface area contributed by atoms with Crippen LogP contribution in [0.3, 0.4) is 0 Å². The molecule has 0 aromatic heterocycles. The summed E-state index contributed by atoms with van der Waals surface area (Å²) in [6.45, 7) is 0. The number of halogens is 3. The molecule has 0 saturated carbocycles. The molecule has 6 heteroatoms. The number of benzene rings is 2. The number of alkyl halides is 3. The monoisotopic (exact) mass is 295 g/mol. The number of carbonyl (C=O) groups is 1. The second-order valence-corrected chi connectivity index (χ2v) is 4.47. The van der Waals surface area contributed by atoms with Crippen molar-refractivity contribution in [2.24, 2.45) is 0 Å². The van der Waals surface area contributed by atoms with Crippen LogP contribution in [0, 0.1) is 0 Å². The van der Waals surface area contributed by atoms with Gasteiger partial charge in [-0.2, -0.15) is 13.2 Å². The zero-order valence-corrected chi connectivity index (χ0v) is 10.8. The molecule has 21 heavy (non-hydrogen) atoms. The van der Waals surface area contributed by atoms with Crippen LogP contribution in [-0.2, 0) is 17.4 Å². The topological polar surface area (TPSA) is 49.3 Å². The lowest BCUT2D eigenvalue weighted by Gasteiger charge is -2.08. The van der Waals surface area contributed by atoms with E-state index in [9.17, 15) is 18.0 Å². The average molecular weight is 295 g/mol. The molecule has 0 radical (unpaired) electrons. The number of phenolic OH excluding ortho intramolecular Hbond substituents is 1. The van der Waals surface area contributed by atoms with Gasteiger partial charge in [0.05, 0.1) is 12.0 Å². The van der Waals surface area contributed by atoms with Crippen molar-refractivity contribution in [3.8, 4) is 5.75 Å². The molecule has 0 aliphatic rings. The fourth-order valence-electron chi connectivity index (χ4n) is 1.75. The van der Waals surface area contributed by atoms with Crippen molar-refractivity contribution in [1.82, 2.24) is 0 Å². The number of hydrogen-bond donors (Lipinski definition) is 2. The van der Waals surface area contributed by atoms with E-state index in [4.69, 9.17) is 5.11 Å². The van der Waals surface area contributed by atoms with Crippen molar-refractivity contribution in [2.75, 3.05) is 5.32 Å². The molecule has 0 heterocycles. The number of phenols is 1. The standard InChI is InChI=1S/C15H12F3NO2/c16-15(17,18)11-3-1-10(2-4-11)9-14(21)19-12-5-7-13(20)8-6-12/h1-8,20H,9H2,(H,19,21). The van der Waals surface area contributed by atoms with Gasteiger partial charge in [-0.25, -0.2) is 0 Å². The Morgan fingerprint density at radius 1 is 1.00 bits per heavy atom. The molecule has 0 unspecified atom stereocenters. The lowest BCUT2D eigenvalue weighted by atomic mass is 10.1. The van der Waals surface area contributed by atoms with Crippen LogP contribution in [0.25, 0.3) is 0 Å². The van der Waals surface area contributed by atoms with Gasteiger partial charge in [0.15, 0.2) is 0 Å². The van der Waals surface area contributed by atoms with E-state index in [1.807, 2.05) is 0 Å². The number of anilines is 1. The maximum Gasteiger partial charge on any atom is 0.416 e. The molecule has 2 aromatic rings. The molecule has 0 fully saturated rings. The molecule has 1 amide bonds. The van der Waals surface area contributed by atoms with Crippen molar-refractivity contribution in [1.29, 1.82) is 0 Å². The summed E-state index contributed by atoms with van der Waals surface area (Å²) < 4.78 is 37.2. The van der Waals surface area contributed by atoms with Gasteiger partial charge in [-0.15, -0.1) is 0 Å². The Bertz CT molecular complexity index is 619. The summed E-state index contributed by atoms with van der Waals surface area (Å²) >= 11 is 0. The predicted octanol–water partition coefficient (Wildman–Crippen LogP) is 3.59. The third-order valence-electron chi connectivity index (χ3n) is 2.80. The second kappa shape index (κ2) is 5.87. The Morgan fingerprint density at radius 3 is 2.10 bits per heavy atom. The normalized spacial score (nSPS) is 11.2. The number of hydrogen-bond acceptors (Lipinski definition) is 2. The first-order valence-electron chi connectivity index (χ1n) is 6.09. The molecule has 2 N–H and O–H groups in total. The van der Waals surface area contributed by atoms with Crippen molar-refractivity contribution >= 4 is 11.6 Å². The smallest absolute Gasteiger partial charge is 0.416 e. The molecule has 2 rings (SSSR count). The Hall–Kier alpha value is -2.50. The molecule has 0 atom stereocenters. The van der Waals surface area contributed by atoms with Gasteiger partial charge >= 0.3 is 6.18 Å². The highest BCUT2D eigenvalue weighted by molar-refractivity contribution is 5.92. The van der Waals surface area contributed by atoms with Gasteiger partial charge < -0.3 is 10.4 Å². The lowest BCUT2D eigenvalue weighted by molar-refractivity contribution is -0.137. The Labute approximate surface area is 119 Å². The van der Waals surface area contributed by atoms with Gasteiger partial charge in [-0.3, -0.25) is 4.79 Å². The molecule has 0 bridgehead atoms. The summed E-state index contributed by atoms with van der Waals surface area (Å²) in [5.74, 6) is -0.267. The molecule has 3 nitrogen and oxygen atoms in total. The van der Waals surface area contributed by atoms with E-state index in [1.165, 1.54) is 36.4 Å². The molecule has 2 aromatic carbocycles. The molecular weight excluding hydrogens is 283 g/mol. The fourth-order valence-corrected chi connectivity index (χ4v) is 1.75. The van der Waals surface area contributed by atoms with Crippen LogP contribution in [0.15, 0.2) is 48.5 Å². The van der Waals surface area contributed by atoms with Crippen LogP contribution >= 0.6 is 0 Å². The average Bonchev–Trinajstić information content (AvgIpc) is 2.41. The van der Waals surface area contributed by atoms with E-state index in [0.717, 1.165) is 12.1 Å². The van der Waals surface area contributed by atoms with E-state index < -0.39 is 11.7 Å². The summed E-state index contributed by atoms with van der Waals surface area (Å²) in [6.07, 6.45) is -4.41. The first-order chi connectivity index (χ1) is 9.84. The highest BCUT2D eigenvalue weighted by atomic mass is 19.4. The minimum atomic E-state index is -4.38. The molecule has 0 spiro atoms. The van der Waals surface area contributed by atoms with Crippen LogP contribution < -0.4 is 5.32 Å². The number of aromatic hydroxyl groups is 1. The van der Waals surface area contributed by atoms with Crippen molar-refractivity contribution in [3.05, 3.63) is 59.7 Å². The van der Waals surface area contributed by atoms with Gasteiger partial charge in [0.25, 0.3) is 0 Å². The zero-order valence-electron chi connectivity index (χ0n) is 10.8. The van der Waals surface area contributed by atoms with Crippen LogP contribution in [0.5, 0.6) is 5.75 Å². The largest absolute Gasteiger partial charge is 0.508 e. The maximum absolute atomic E-state index is 12.4. The summed E-state index contributed by atoms with van der Waals surface area (Å²) in [5, 5.41) is 11.7. The van der Waals surface area contributed by atoms with Gasteiger partial charge in [0, 0.05) is 5.69 Å². The van der Waals surface area contributed by atoms with Gasteiger partial charge in [0.2, 0.25) is 5.91 Å². The molecule has 0 aliphatic carbocycles. The summed E-state index contributed by atoms with van der Waals surface area (Å²) in [5.41, 5.74) is 0.245. The van der Waals surface area contributed by atoms with Gasteiger partial charge in [0.1, 0.15) is 5.75 Å². The van der Waals surface area contributed by atoms with Crippen LogP contribution in [0.4, 0.5) is 18.9 Å². The van der Waals surface area contributed by atoms with Crippen LogP contribution in [0.1, 0.15) is 11.1 Å². The molecular formula is C15H12F3NO2. The third kappa shape index (κ3) is 4.24. The number of nitrogens with one attached hydrogen (secondary N) is 1. The van der Waals surface area contributed by atoms with E-state index in [2.05, 4.69) is 5.32 Å². The Balaban J connectivity index is 1.98. The highest BCUT2D eigenvalue weighted by Gasteiger charge is 2.29. The third-order valence-corrected chi connectivity index (χ3v) is 2.80. The zero-order chi connectivity index (χ0) is 15.5. The Kier molecular flexibility index (Phi) is 4.16. The van der Waals surface area contributed by atoms with Crippen LogP contribution in [0.2, 0.25) is 0 Å². The van der Waals surface area contributed by atoms with Gasteiger partial charge in [-0.1, -0.05) is 12.1 Å². The minimum absolute atomic E-state index is 0.0288. The summed E-state index contributed by atoms with van der Waals surface area (Å²) in [6, 6.07) is 10.4. The summed E-state index contributed by atoms with van der Waals surface area (Å²) in [7, 11) is 0. The number of carbonyl (C=O) groups excluding carboxylic acids is 1. The van der Waals surface area contributed by atoms with Crippen molar-refractivity contribution in [2.45, 2.75) is 12.6 Å². The highest BCUT2D eigenvalue weighted by Crippen LogP contribution is 2.29. The number of rotatable bonds is 3. The van der Waals surface area contributed by atoms with Crippen LogP contribution in [-0.4, -0.2) is 11.0 Å². The minimum Gasteiger partial charge on any atom is -0.508 e. The SMILES string of the molecule is O=C(Cc1ccc(C(F)(F)F)cc1)Nc1ccc(O)cc1. The molecule has 0 saturated heterocycles. The van der Waals surface area contributed by atoms with Crippen molar-refractivity contribution < 1.29 is 23.1 Å². The molecule has 0 aliphatic heterocycles. The summed E-state index contributed by atoms with van der Waals surface area (Å²) in [4.78, 5) is 11.8. The maximum atomic E-state index is 12.4. The quantitative estimate of drug-likeness (QED) is 0.850. The molecule has 110 valence electrons. The van der Waals surface area contributed by atoms with E-state index in [0.29, 0.717) is 11.3 Å². The van der Waals surface area contributed by atoms with E-state index >= 15 is 0 Å². The van der Waals surface area contributed by atoms with Crippen molar-refractivity contribution in [3.63, 3.8) is 0 Å². The van der Waals surface area contributed by atoms with Gasteiger partial charge in [-0.05, 0) is 42.0 Å². The second-order valence-electron chi connectivity index (χ2n) is 4.47. The first kappa shape index (κ1) is 14.9. The first-order valence-corrected chi connectivity index (χ1v) is 6.09. The fraction of sp³-hybridized carbons (Fsp3) is 0.133. The van der Waals surface area contributed by atoms with E-state index in [-0.39, 0.29) is 18.1 Å². The van der Waals surface area contributed by atoms with E-state index in [1.54, 1.807) is 0 Å². The number of amides is 1. The lowest BCUT2D eigenvalue weighted by Crippen LogP contribution is -2.14.